The van der Waals surface area contributed by atoms with Crippen molar-refractivity contribution < 1.29 is 0 Å². The predicted octanol–water partition coefficient (Wildman–Crippen LogP) is 12.1. The fourth-order valence-corrected chi connectivity index (χ4v) is 4.31. The van der Waals surface area contributed by atoms with Crippen molar-refractivity contribution >= 4 is 11.4 Å². The van der Waals surface area contributed by atoms with Crippen molar-refractivity contribution in [2.75, 3.05) is 7.05 Å². The van der Waals surface area contributed by atoms with Gasteiger partial charge < -0.3 is 4.57 Å². The lowest BCUT2D eigenvalue weighted by molar-refractivity contribution is 0.460. The summed E-state index contributed by atoms with van der Waals surface area (Å²) in [5.41, 5.74) is 9.99. The lowest BCUT2D eigenvalue weighted by atomic mass is 10.1. The summed E-state index contributed by atoms with van der Waals surface area (Å²) >= 11 is 0. The molecule has 3 rings (SSSR count). The molecule has 1 aromatic heterocycles. The molecular weight excluding hydrogens is 534 g/mol. The quantitative estimate of drug-likeness (QED) is 0.116. The van der Waals surface area contributed by atoms with Crippen molar-refractivity contribution in [3.8, 4) is 0 Å². The molecule has 0 spiro atoms. The van der Waals surface area contributed by atoms with Crippen molar-refractivity contribution in [3.63, 3.8) is 0 Å². The van der Waals surface area contributed by atoms with Gasteiger partial charge in [0.05, 0.1) is 11.4 Å². The number of benzene rings is 1. The monoisotopic (exact) mass is 595 g/mol. The lowest BCUT2D eigenvalue weighted by Crippen LogP contribution is -2.13. The number of likely N-dealkylation sites (N-methyl/N-ethyl adjacent to an activating group) is 1. The van der Waals surface area contributed by atoms with Gasteiger partial charge >= 0.3 is 0 Å². The Morgan fingerprint density at radius 2 is 1.55 bits per heavy atom. The van der Waals surface area contributed by atoms with E-state index in [0.29, 0.717) is 0 Å². The number of aromatic nitrogens is 1. The third-order valence-electron chi connectivity index (χ3n) is 7.13. The van der Waals surface area contributed by atoms with E-state index in [2.05, 4.69) is 100 Å². The van der Waals surface area contributed by atoms with Gasteiger partial charge in [-0.05, 0) is 96.6 Å². The maximum absolute atomic E-state index is 4.96. The molecule has 1 aliphatic rings. The molecule has 0 unspecified atom stereocenters. The SMILES string of the molecule is C/C=C/C=C/C(=N\N(C)C1=CCC=C(n2c(C)c(C)c(C)c2CCCC)C=C1)c1ccccc1.C/C=C\C.C=CCC.CC. The van der Waals surface area contributed by atoms with Gasteiger partial charge in [0.2, 0.25) is 0 Å². The number of rotatable bonds is 10. The van der Waals surface area contributed by atoms with Crippen LogP contribution in [-0.2, 0) is 6.42 Å². The second-order valence-corrected chi connectivity index (χ2v) is 10.2. The molecular formula is C41H61N3. The Hall–Kier alpha value is -3.85. The van der Waals surface area contributed by atoms with Gasteiger partial charge in [-0.1, -0.05) is 113 Å². The fourth-order valence-electron chi connectivity index (χ4n) is 4.31. The molecule has 0 saturated heterocycles. The van der Waals surface area contributed by atoms with Crippen molar-refractivity contribution in [3.05, 3.63) is 138 Å². The van der Waals surface area contributed by atoms with E-state index >= 15 is 0 Å². The molecule has 0 atom stereocenters. The fraction of sp³-hybridized carbons (Fsp3) is 0.390. The topological polar surface area (TPSA) is 20.5 Å². The standard InChI is InChI=1S/C31H39N3.2C4H8.C2H6/c1-7-9-12-20-30(27-16-13-11-14-17-27)32-33(6)28-18-15-19-29(23-22-28)34-26(5)24(3)25(4)31(34)21-10-8-2;2*1-3-4-2;1-2/h7,9,11-14,16-20,22-23H,8,10,15,21H2,1-6H3;3-4H,1-2H3;3H,1,4H2,2H3;1-2H3/b9-7+,20-12+,32-30+;4-3-;;. The van der Waals surface area contributed by atoms with E-state index in [0.717, 1.165) is 36.2 Å². The molecule has 0 saturated carbocycles. The van der Waals surface area contributed by atoms with Crippen LogP contribution < -0.4 is 0 Å². The molecule has 0 radical (unpaired) electrons. The smallest absolute Gasteiger partial charge is 0.0908 e. The minimum Gasteiger partial charge on any atom is -0.318 e. The zero-order valence-electron chi connectivity index (χ0n) is 29.8. The average Bonchev–Trinajstić information content (AvgIpc) is 3.21. The first-order chi connectivity index (χ1) is 21.3. The minimum absolute atomic E-state index is 0.871. The van der Waals surface area contributed by atoms with Crippen LogP contribution in [0.1, 0.15) is 102 Å². The largest absolute Gasteiger partial charge is 0.318 e. The van der Waals surface area contributed by atoms with Gasteiger partial charge in [-0.3, -0.25) is 5.01 Å². The highest BCUT2D eigenvalue weighted by atomic mass is 15.4. The normalized spacial score (nSPS) is 12.8. The van der Waals surface area contributed by atoms with E-state index in [1.807, 2.05) is 89.2 Å². The molecule has 0 aliphatic heterocycles. The van der Waals surface area contributed by atoms with Crippen LogP contribution in [0.15, 0.2) is 115 Å². The summed E-state index contributed by atoms with van der Waals surface area (Å²) in [5, 5.41) is 6.93. The first kappa shape index (κ1) is 40.1. The van der Waals surface area contributed by atoms with Crippen molar-refractivity contribution in [2.24, 2.45) is 5.10 Å². The molecule has 0 N–H and O–H groups in total. The summed E-state index contributed by atoms with van der Waals surface area (Å²) in [6, 6.07) is 10.3. The van der Waals surface area contributed by atoms with E-state index < -0.39 is 0 Å². The molecule has 0 bridgehead atoms. The molecule has 44 heavy (non-hydrogen) atoms. The first-order valence-electron chi connectivity index (χ1n) is 16.4. The number of hydrogen-bond acceptors (Lipinski definition) is 2. The zero-order valence-corrected chi connectivity index (χ0v) is 29.8. The molecule has 0 fully saturated rings. The van der Waals surface area contributed by atoms with Gasteiger partial charge in [0, 0.05) is 29.7 Å². The second kappa shape index (κ2) is 24.6. The highest BCUT2D eigenvalue weighted by molar-refractivity contribution is 6.08. The summed E-state index contributed by atoms with van der Waals surface area (Å²) < 4.78 is 2.46. The van der Waals surface area contributed by atoms with E-state index in [9.17, 15) is 0 Å². The maximum atomic E-state index is 4.96. The Kier molecular flexibility index (Phi) is 22.4. The Balaban J connectivity index is 0.00000162. The zero-order chi connectivity index (χ0) is 33.3. The predicted molar refractivity (Wildman–Crippen MR) is 200 cm³/mol. The van der Waals surface area contributed by atoms with Gasteiger partial charge in [-0.25, -0.2) is 0 Å². The summed E-state index contributed by atoms with van der Waals surface area (Å²) in [7, 11) is 2.02. The van der Waals surface area contributed by atoms with Crippen molar-refractivity contribution in [1.29, 1.82) is 0 Å². The molecule has 1 aliphatic carbocycles. The molecule has 3 heteroatoms. The van der Waals surface area contributed by atoms with E-state index in [-0.39, 0.29) is 0 Å². The van der Waals surface area contributed by atoms with Gasteiger partial charge in [0.25, 0.3) is 0 Å². The number of unbranched alkanes of at least 4 members (excludes halogenated alkanes) is 1. The van der Waals surface area contributed by atoms with Crippen LogP contribution in [-0.4, -0.2) is 22.3 Å². The highest BCUT2D eigenvalue weighted by Gasteiger charge is 2.17. The number of hydrogen-bond donors (Lipinski definition) is 0. The molecule has 240 valence electrons. The maximum Gasteiger partial charge on any atom is 0.0908 e. The van der Waals surface area contributed by atoms with Gasteiger partial charge in [0.15, 0.2) is 0 Å². The van der Waals surface area contributed by atoms with E-state index in [1.165, 1.54) is 41.1 Å². The Morgan fingerprint density at radius 3 is 2.09 bits per heavy atom. The van der Waals surface area contributed by atoms with Crippen LogP contribution in [0.2, 0.25) is 0 Å². The summed E-state index contributed by atoms with van der Waals surface area (Å²) in [4.78, 5) is 0. The van der Waals surface area contributed by atoms with Crippen LogP contribution in [0.3, 0.4) is 0 Å². The Bertz CT molecular complexity index is 1290. The van der Waals surface area contributed by atoms with Crippen LogP contribution in [0.4, 0.5) is 0 Å². The molecule has 0 amide bonds. The lowest BCUT2D eigenvalue weighted by Gasteiger charge is -2.16. The van der Waals surface area contributed by atoms with Crippen LogP contribution in [0.25, 0.3) is 5.70 Å². The second-order valence-electron chi connectivity index (χ2n) is 10.2. The molecule has 3 nitrogen and oxygen atoms in total. The minimum atomic E-state index is 0.871. The van der Waals surface area contributed by atoms with Gasteiger partial charge in [-0.2, -0.15) is 5.10 Å². The number of nitrogens with zero attached hydrogens (tertiary/aromatic N) is 3. The van der Waals surface area contributed by atoms with Gasteiger partial charge in [-0.15, -0.1) is 6.58 Å². The summed E-state index contributed by atoms with van der Waals surface area (Å²) in [6.45, 7) is 24.6. The average molecular weight is 596 g/mol. The van der Waals surface area contributed by atoms with Crippen molar-refractivity contribution in [2.45, 2.75) is 101 Å². The molecule has 2 aromatic rings. The van der Waals surface area contributed by atoms with Crippen LogP contribution in [0, 0.1) is 20.8 Å². The first-order valence-corrected chi connectivity index (χ1v) is 16.4. The number of allylic oxidation sites excluding steroid dienone is 12. The third kappa shape index (κ3) is 13.6. The third-order valence-corrected chi connectivity index (χ3v) is 7.13. The summed E-state index contributed by atoms with van der Waals surface area (Å²) in [5.74, 6) is 0. The Labute approximate surface area is 271 Å². The van der Waals surface area contributed by atoms with Crippen LogP contribution in [0.5, 0.6) is 0 Å². The van der Waals surface area contributed by atoms with Gasteiger partial charge in [0.1, 0.15) is 0 Å². The molecule has 1 aromatic carbocycles. The van der Waals surface area contributed by atoms with Crippen LogP contribution >= 0.6 is 0 Å². The summed E-state index contributed by atoms with van der Waals surface area (Å²) in [6.07, 6.45) is 28.5. The Morgan fingerprint density at radius 1 is 0.909 bits per heavy atom. The molecule has 1 heterocycles. The number of hydrazone groups is 1. The van der Waals surface area contributed by atoms with E-state index in [1.54, 1.807) is 0 Å². The van der Waals surface area contributed by atoms with E-state index in [4.69, 9.17) is 5.10 Å². The highest BCUT2D eigenvalue weighted by Crippen LogP contribution is 2.29. The van der Waals surface area contributed by atoms with Crippen molar-refractivity contribution in [1.82, 2.24) is 9.58 Å².